The monoisotopic (exact) mass is 1690 g/mol. The maximum absolute atomic E-state index is 14.1. The first kappa shape index (κ1) is 101. The SMILES string of the molecule is C.C.C.CC#CC(C)(C)C.CC(Cc1ccc([N+](=O)[O-])cc1-c1ccn(C)n1)c1ccccc1.Cn1cc(C#CC(C)(C)C)c(-c2cc([N+](=O)[O-])ccc2CC2CCCCC2)n1.Cn1cc(C#CC(C)(C)C)c(-c2cc([N+](=O)[O-])ccc2CCc2c(F)cccc2F)n1.Cn1cc(C#CC(C)(C)C)c(-c2cc([N+](=O)[O-])ccc2CCc2cc(F)cc(F)c2)n1. The number of nitrogens with zero attached hydrogens (tertiary/aromatic N) is 12. The minimum absolute atomic E-state index is 0. The van der Waals surface area contributed by atoms with Crippen LogP contribution in [0.5, 0.6) is 0 Å². The summed E-state index contributed by atoms with van der Waals surface area (Å²) < 4.78 is 61.9. The average Bonchev–Trinajstić information content (AvgIpc) is 1.67. The first-order chi connectivity index (χ1) is 56.9. The Kier molecular flexibility index (Phi) is 37.0. The molecule has 4 heterocycles. The van der Waals surface area contributed by atoms with E-state index < -0.39 is 33.1 Å². The van der Waals surface area contributed by atoms with Gasteiger partial charge >= 0.3 is 0 Å². The molecule has 1 saturated carbocycles. The lowest BCUT2D eigenvalue weighted by molar-refractivity contribution is -0.385. The molecule has 0 amide bonds. The average molecular weight is 1690 g/mol. The molecule has 20 nitrogen and oxygen atoms in total. The third-order valence-electron chi connectivity index (χ3n) is 19.1. The van der Waals surface area contributed by atoms with E-state index >= 15 is 0 Å². The zero-order valence-electron chi connectivity index (χ0n) is 72.2. The van der Waals surface area contributed by atoms with E-state index in [1.54, 1.807) is 81.6 Å². The number of nitro groups is 4. The summed E-state index contributed by atoms with van der Waals surface area (Å²) >= 11 is 0. The third kappa shape index (κ3) is 31.1. The fraction of sp³-hybridized carbons (Fsp3) is 0.380. The molecule has 4 aromatic heterocycles. The lowest BCUT2D eigenvalue weighted by Gasteiger charge is -2.22. The van der Waals surface area contributed by atoms with Crippen molar-refractivity contribution in [2.75, 3.05) is 0 Å². The third-order valence-corrected chi connectivity index (χ3v) is 19.1. The number of non-ortho nitro benzene ring substituents is 4. The van der Waals surface area contributed by atoms with Crippen LogP contribution in [0.1, 0.15) is 213 Å². The van der Waals surface area contributed by atoms with Gasteiger partial charge in [-0.1, -0.05) is 163 Å². The van der Waals surface area contributed by atoms with Crippen LogP contribution in [-0.4, -0.2) is 58.8 Å². The van der Waals surface area contributed by atoms with Crippen molar-refractivity contribution in [1.82, 2.24) is 39.1 Å². The molecule has 7 aromatic carbocycles. The smallest absolute Gasteiger partial charge is 0.270 e. The van der Waals surface area contributed by atoms with E-state index in [4.69, 9.17) is 0 Å². The second-order valence-corrected chi connectivity index (χ2v) is 34.3. The van der Waals surface area contributed by atoms with Gasteiger partial charge in [0, 0.05) is 157 Å². The Balaban J connectivity index is 0.000000284. The van der Waals surface area contributed by atoms with Gasteiger partial charge in [-0.05, 0) is 204 Å². The summed E-state index contributed by atoms with van der Waals surface area (Å²) in [5.74, 6) is 23.4. The summed E-state index contributed by atoms with van der Waals surface area (Å²) in [5, 5.41) is 63.3. The zero-order valence-corrected chi connectivity index (χ0v) is 72.2. The molecular weight excluding hydrogens is 1570 g/mol. The van der Waals surface area contributed by atoms with Crippen molar-refractivity contribution in [2.45, 2.75) is 196 Å². The standard InChI is InChI=1S/2C24H23F2N3O2.C23H29N3O2.C19H19N3O2.C7H12.3CH4/c1-24(2,3)10-9-18-15-28(4)27-23(18)22-14-21(29(30)31)8-7-17(22)6-5-16-11-19(25)13-20(26)12-16;1-24(2,3)13-12-17-15-28(4)27-23(17)20-14-18(29(30)31)10-8-16(20)9-11-19-21(25)6-5-7-22(19)26;1-23(2,3)13-12-19-16-25(4)24-22(19)21-15-20(26(27)28)11-10-18(21)14-17-8-6-5-7-9-17;1-14(15-6-4-3-5-7-15)12-16-8-9-17(22(23)24)13-18(16)19-10-11-21(2)20-19;1-5-6-7(2,3)4;;;/h7-8,11-15H,5-6H2,1-4H3;5-8,10,14-15H,9,11H2,1-4H3;10-11,15-17H,5-9,14H2,1-4H3;3-11,13-14H,12H2,1-2H3;1-4H3;3*1H4. The van der Waals surface area contributed by atoms with Gasteiger partial charge in [0.25, 0.3) is 22.7 Å². The van der Waals surface area contributed by atoms with Crippen molar-refractivity contribution in [3.63, 3.8) is 0 Å². The highest BCUT2D eigenvalue weighted by atomic mass is 19.1. The van der Waals surface area contributed by atoms with Gasteiger partial charge in [-0.2, -0.15) is 20.4 Å². The Morgan fingerprint density at radius 2 is 0.806 bits per heavy atom. The summed E-state index contributed by atoms with van der Waals surface area (Å²) in [6, 6.07) is 38.6. The first-order valence-corrected chi connectivity index (χ1v) is 40.1. The van der Waals surface area contributed by atoms with Gasteiger partial charge in [0.1, 0.15) is 40.4 Å². The topological polar surface area (TPSA) is 244 Å². The Bertz CT molecular complexity index is 5760. The molecule has 654 valence electrons. The van der Waals surface area contributed by atoms with Crippen molar-refractivity contribution >= 4 is 22.7 Å². The molecule has 0 radical (unpaired) electrons. The molecule has 1 atom stereocenters. The Morgan fingerprint density at radius 3 is 1.18 bits per heavy atom. The van der Waals surface area contributed by atoms with Crippen molar-refractivity contribution in [3.05, 3.63) is 290 Å². The van der Waals surface area contributed by atoms with Gasteiger partial charge in [0.2, 0.25) is 0 Å². The van der Waals surface area contributed by atoms with E-state index in [-0.39, 0.29) is 94.9 Å². The Labute approximate surface area is 729 Å². The van der Waals surface area contributed by atoms with Gasteiger partial charge in [-0.15, -0.1) is 5.92 Å². The summed E-state index contributed by atoms with van der Waals surface area (Å²) in [6.45, 7) is 28.5. The number of aryl methyl sites for hydroxylation is 7. The largest absolute Gasteiger partial charge is 0.275 e. The Hall–Kier alpha value is -13.1. The van der Waals surface area contributed by atoms with E-state index in [0.717, 1.165) is 63.7 Å². The van der Waals surface area contributed by atoms with E-state index in [0.29, 0.717) is 69.4 Å². The number of rotatable bonds is 19. The van der Waals surface area contributed by atoms with Crippen molar-refractivity contribution in [2.24, 2.45) is 55.8 Å². The van der Waals surface area contributed by atoms with Crippen LogP contribution in [0.4, 0.5) is 40.3 Å². The molecule has 1 aliphatic carbocycles. The number of hydrogen-bond donors (Lipinski definition) is 0. The van der Waals surface area contributed by atoms with Crippen LogP contribution < -0.4 is 0 Å². The molecule has 0 aliphatic heterocycles. The summed E-state index contributed by atoms with van der Waals surface area (Å²) in [5.41, 5.74) is 12.6. The maximum Gasteiger partial charge on any atom is 0.270 e. The highest BCUT2D eigenvalue weighted by Crippen LogP contribution is 2.38. The van der Waals surface area contributed by atoms with E-state index in [2.05, 4.69) is 128 Å². The van der Waals surface area contributed by atoms with Crippen LogP contribution in [-0.2, 0) is 66.7 Å². The molecule has 124 heavy (non-hydrogen) atoms. The predicted molar refractivity (Wildman–Crippen MR) is 490 cm³/mol. The summed E-state index contributed by atoms with van der Waals surface area (Å²) in [6.07, 6.45) is 16.5. The van der Waals surface area contributed by atoms with Gasteiger partial charge < -0.3 is 0 Å². The highest BCUT2D eigenvalue weighted by molar-refractivity contribution is 5.75. The highest BCUT2D eigenvalue weighted by Gasteiger charge is 2.26. The summed E-state index contributed by atoms with van der Waals surface area (Å²) in [4.78, 5) is 43.6. The quantitative estimate of drug-likeness (QED) is 0.0318. The van der Waals surface area contributed by atoms with E-state index in [1.165, 1.54) is 92.3 Å². The van der Waals surface area contributed by atoms with E-state index in [1.807, 2.05) is 111 Å². The van der Waals surface area contributed by atoms with Crippen LogP contribution in [0.15, 0.2) is 170 Å². The zero-order chi connectivity index (χ0) is 88.8. The number of halogens is 4. The first-order valence-electron chi connectivity index (χ1n) is 40.1. The molecule has 0 spiro atoms. The predicted octanol–water partition coefficient (Wildman–Crippen LogP) is 24.7. The van der Waals surface area contributed by atoms with Gasteiger partial charge in [0.15, 0.2) is 0 Å². The molecule has 24 heteroatoms. The lowest BCUT2D eigenvalue weighted by Crippen LogP contribution is -2.10. The molecule has 0 N–H and O–H groups in total. The lowest BCUT2D eigenvalue weighted by atomic mass is 9.83. The van der Waals surface area contributed by atoms with Crippen LogP contribution in [0.2, 0.25) is 0 Å². The fourth-order valence-corrected chi connectivity index (χ4v) is 13.4. The second-order valence-electron chi connectivity index (χ2n) is 34.3. The Morgan fingerprint density at radius 1 is 0.427 bits per heavy atom. The van der Waals surface area contributed by atoms with Crippen molar-refractivity contribution in [1.29, 1.82) is 0 Å². The minimum atomic E-state index is -0.636. The van der Waals surface area contributed by atoms with E-state index in [9.17, 15) is 58.0 Å². The second kappa shape index (κ2) is 45.2. The van der Waals surface area contributed by atoms with Gasteiger partial charge in [-0.25, -0.2) is 17.6 Å². The molecule has 0 bridgehead atoms. The van der Waals surface area contributed by atoms with Crippen LogP contribution in [0.25, 0.3) is 45.0 Å². The summed E-state index contributed by atoms with van der Waals surface area (Å²) in [7, 11) is 7.22. The van der Waals surface area contributed by atoms with Crippen LogP contribution in [0.3, 0.4) is 0 Å². The maximum atomic E-state index is 14.1. The van der Waals surface area contributed by atoms with Gasteiger partial charge in [0.05, 0.1) is 42.1 Å². The van der Waals surface area contributed by atoms with Gasteiger partial charge in [-0.3, -0.25) is 59.2 Å². The van der Waals surface area contributed by atoms with Crippen LogP contribution >= 0.6 is 0 Å². The normalized spacial score (nSPS) is 11.9. The van der Waals surface area contributed by atoms with Crippen molar-refractivity contribution in [3.8, 4) is 92.4 Å². The fourth-order valence-electron chi connectivity index (χ4n) is 13.4. The molecule has 1 unspecified atom stereocenters. The number of hydrogen-bond acceptors (Lipinski definition) is 12. The molecule has 11 aromatic rings. The molecule has 12 rings (SSSR count). The number of nitro benzene ring substituents is 4. The molecule has 0 saturated heterocycles. The number of aromatic nitrogens is 8. The number of benzene rings is 7. The van der Waals surface area contributed by atoms with Crippen molar-refractivity contribution < 1.29 is 37.3 Å². The van der Waals surface area contributed by atoms with Crippen LogP contribution in [0, 0.1) is 139 Å². The molecular formula is C100H118F4N12O8. The molecule has 1 aliphatic rings. The molecule has 1 fully saturated rings. The minimum Gasteiger partial charge on any atom is -0.275 e.